The van der Waals surface area contributed by atoms with Gasteiger partial charge in [0.1, 0.15) is 0 Å². The van der Waals surface area contributed by atoms with Crippen LogP contribution < -0.4 is 0 Å². The zero-order chi connectivity index (χ0) is 16.9. The second-order valence-electron chi connectivity index (χ2n) is 7.32. The predicted octanol–water partition coefficient (Wildman–Crippen LogP) is 6.39. The molecule has 1 aliphatic carbocycles. The van der Waals surface area contributed by atoms with Crippen molar-refractivity contribution in [2.75, 3.05) is 0 Å². The van der Waals surface area contributed by atoms with E-state index in [0.717, 1.165) is 23.0 Å². The van der Waals surface area contributed by atoms with E-state index in [1.807, 2.05) is 0 Å². The zero-order valence-electron chi connectivity index (χ0n) is 15.2. The van der Waals surface area contributed by atoms with Gasteiger partial charge in [0.15, 0.2) is 0 Å². The van der Waals surface area contributed by atoms with Gasteiger partial charge in [0.2, 0.25) is 0 Å². The van der Waals surface area contributed by atoms with Gasteiger partial charge in [0.05, 0.1) is 0 Å². The molecule has 124 valence electrons. The molecule has 0 atom stereocenters. The third-order valence-electron chi connectivity index (χ3n) is 5.54. The molecule has 0 heterocycles. The number of aryl methyl sites for hydroxylation is 2. The minimum absolute atomic E-state index is 0.755. The van der Waals surface area contributed by atoms with Crippen molar-refractivity contribution in [3.8, 4) is 11.8 Å². The quantitative estimate of drug-likeness (QED) is 0.563. The number of hydrogen-bond donors (Lipinski definition) is 0. The maximum Gasteiger partial charge on any atom is 0.0278 e. The Morgan fingerprint density at radius 3 is 2.21 bits per heavy atom. The molecule has 0 N–H and O–H groups in total. The molecule has 0 unspecified atom stereocenters. The van der Waals surface area contributed by atoms with Gasteiger partial charge in [-0.3, -0.25) is 0 Å². The van der Waals surface area contributed by atoms with Crippen LogP contribution in [-0.4, -0.2) is 0 Å². The summed E-state index contributed by atoms with van der Waals surface area (Å²) >= 11 is 0. The van der Waals surface area contributed by atoms with Crippen molar-refractivity contribution in [1.29, 1.82) is 0 Å². The Kier molecular flexibility index (Phi) is 5.41. The van der Waals surface area contributed by atoms with Gasteiger partial charge in [-0.25, -0.2) is 0 Å². The maximum absolute atomic E-state index is 3.35. The lowest BCUT2D eigenvalue weighted by Crippen LogP contribution is -2.12. The van der Waals surface area contributed by atoms with Crippen LogP contribution in [0.3, 0.4) is 0 Å². The van der Waals surface area contributed by atoms with Crippen molar-refractivity contribution in [2.45, 2.75) is 58.8 Å². The van der Waals surface area contributed by atoms with Gasteiger partial charge in [-0.1, -0.05) is 55.0 Å². The van der Waals surface area contributed by atoms with Gasteiger partial charge in [0, 0.05) is 11.1 Å². The molecule has 3 rings (SSSR count). The van der Waals surface area contributed by atoms with Gasteiger partial charge in [-0.2, -0.15) is 0 Å². The molecular formula is C24H28. The summed E-state index contributed by atoms with van der Waals surface area (Å²) in [5, 5.41) is 0. The summed E-state index contributed by atoms with van der Waals surface area (Å²) in [7, 11) is 0. The Labute approximate surface area is 147 Å². The Morgan fingerprint density at radius 1 is 0.875 bits per heavy atom. The number of hydrogen-bond acceptors (Lipinski definition) is 0. The molecule has 0 heteroatoms. The molecule has 0 amide bonds. The molecular weight excluding hydrogens is 288 g/mol. The molecule has 0 nitrogen and oxygen atoms in total. The molecule has 0 aliphatic heterocycles. The van der Waals surface area contributed by atoms with Crippen molar-refractivity contribution in [1.82, 2.24) is 0 Å². The molecule has 0 spiro atoms. The fourth-order valence-corrected chi connectivity index (χ4v) is 3.76. The van der Waals surface area contributed by atoms with Crippen molar-refractivity contribution >= 4 is 0 Å². The normalized spacial score (nSPS) is 20.3. The first-order chi connectivity index (χ1) is 11.7. The van der Waals surface area contributed by atoms with E-state index in [-0.39, 0.29) is 0 Å². The average Bonchev–Trinajstić information content (AvgIpc) is 2.62. The number of rotatable bonds is 2. The summed E-state index contributed by atoms with van der Waals surface area (Å²) in [4.78, 5) is 0. The lowest BCUT2D eigenvalue weighted by atomic mass is 9.77. The van der Waals surface area contributed by atoms with E-state index < -0.39 is 0 Å². The first-order valence-corrected chi connectivity index (χ1v) is 9.35. The van der Waals surface area contributed by atoms with Gasteiger partial charge >= 0.3 is 0 Å². The molecule has 0 aromatic heterocycles. The standard InChI is InChI=1S/C24H28/c1-4-20-9-13-23(14-10-20)24-16-15-22(19(3)17-24)12-11-21-7-5-18(2)6-8-21/h5-8,15-17,20,23H,4,9-10,13-14H2,1-3H3. The van der Waals surface area contributed by atoms with Gasteiger partial charge in [0.25, 0.3) is 0 Å². The van der Waals surface area contributed by atoms with Crippen molar-refractivity contribution in [3.05, 3.63) is 70.3 Å². The van der Waals surface area contributed by atoms with Crippen molar-refractivity contribution in [2.24, 2.45) is 5.92 Å². The molecule has 0 saturated heterocycles. The minimum Gasteiger partial charge on any atom is -0.0651 e. The largest absolute Gasteiger partial charge is 0.0651 e. The van der Waals surface area contributed by atoms with Crippen molar-refractivity contribution in [3.63, 3.8) is 0 Å². The smallest absolute Gasteiger partial charge is 0.0278 e. The Hall–Kier alpha value is -2.00. The van der Waals surface area contributed by atoms with Crippen LogP contribution >= 0.6 is 0 Å². The summed E-state index contributed by atoms with van der Waals surface area (Å²) < 4.78 is 0. The highest BCUT2D eigenvalue weighted by molar-refractivity contribution is 5.48. The third-order valence-corrected chi connectivity index (χ3v) is 5.54. The molecule has 0 radical (unpaired) electrons. The van der Waals surface area contributed by atoms with E-state index in [1.165, 1.54) is 48.8 Å². The van der Waals surface area contributed by atoms with E-state index >= 15 is 0 Å². The molecule has 2 aromatic rings. The van der Waals surface area contributed by atoms with Crippen LogP contribution in [0, 0.1) is 31.6 Å². The van der Waals surface area contributed by atoms with Gasteiger partial charge in [-0.15, -0.1) is 0 Å². The van der Waals surface area contributed by atoms with E-state index in [4.69, 9.17) is 0 Å². The number of benzene rings is 2. The highest BCUT2D eigenvalue weighted by atomic mass is 14.3. The summed E-state index contributed by atoms with van der Waals surface area (Å²) in [6.07, 6.45) is 6.85. The van der Waals surface area contributed by atoms with Crippen LogP contribution in [0.4, 0.5) is 0 Å². The van der Waals surface area contributed by atoms with Crippen LogP contribution in [0.15, 0.2) is 42.5 Å². The molecule has 1 fully saturated rings. The second-order valence-corrected chi connectivity index (χ2v) is 7.32. The van der Waals surface area contributed by atoms with Crippen LogP contribution in [0.5, 0.6) is 0 Å². The second kappa shape index (κ2) is 7.71. The lowest BCUT2D eigenvalue weighted by Gasteiger charge is -2.28. The highest BCUT2D eigenvalue weighted by Crippen LogP contribution is 2.37. The maximum atomic E-state index is 3.35. The highest BCUT2D eigenvalue weighted by Gasteiger charge is 2.21. The minimum atomic E-state index is 0.755. The Morgan fingerprint density at radius 2 is 1.58 bits per heavy atom. The molecule has 2 aromatic carbocycles. The van der Waals surface area contributed by atoms with Crippen LogP contribution in [-0.2, 0) is 0 Å². The summed E-state index contributed by atoms with van der Waals surface area (Å²) in [6.45, 7) is 6.63. The van der Waals surface area contributed by atoms with Crippen LogP contribution in [0.2, 0.25) is 0 Å². The molecule has 24 heavy (non-hydrogen) atoms. The molecule has 1 saturated carbocycles. The Balaban J connectivity index is 1.72. The average molecular weight is 316 g/mol. The fourth-order valence-electron chi connectivity index (χ4n) is 3.76. The van der Waals surface area contributed by atoms with E-state index in [1.54, 1.807) is 0 Å². The summed E-state index contributed by atoms with van der Waals surface area (Å²) in [5.74, 6) is 8.35. The summed E-state index contributed by atoms with van der Waals surface area (Å²) in [5.41, 5.74) is 6.34. The SMILES string of the molecule is CCC1CCC(c2ccc(C#Cc3ccc(C)cc3)c(C)c2)CC1. The van der Waals surface area contributed by atoms with Crippen molar-refractivity contribution < 1.29 is 0 Å². The third kappa shape index (κ3) is 4.09. The lowest BCUT2D eigenvalue weighted by molar-refractivity contribution is 0.318. The first kappa shape index (κ1) is 16.8. The predicted molar refractivity (Wildman–Crippen MR) is 103 cm³/mol. The molecule has 1 aliphatic rings. The summed E-state index contributed by atoms with van der Waals surface area (Å²) in [6, 6.07) is 15.3. The molecule has 0 bridgehead atoms. The van der Waals surface area contributed by atoms with E-state index in [9.17, 15) is 0 Å². The van der Waals surface area contributed by atoms with Crippen LogP contribution in [0.1, 0.15) is 72.8 Å². The fraction of sp³-hybridized carbons (Fsp3) is 0.417. The van der Waals surface area contributed by atoms with E-state index in [2.05, 4.69) is 75.1 Å². The Bertz CT molecular complexity index is 732. The first-order valence-electron chi connectivity index (χ1n) is 9.35. The monoisotopic (exact) mass is 316 g/mol. The van der Waals surface area contributed by atoms with Gasteiger partial charge < -0.3 is 0 Å². The zero-order valence-corrected chi connectivity index (χ0v) is 15.2. The van der Waals surface area contributed by atoms with Crippen LogP contribution in [0.25, 0.3) is 0 Å². The van der Waals surface area contributed by atoms with Gasteiger partial charge in [-0.05, 0) is 80.7 Å². The van der Waals surface area contributed by atoms with E-state index in [0.29, 0.717) is 0 Å². The topological polar surface area (TPSA) is 0 Å².